The summed E-state index contributed by atoms with van der Waals surface area (Å²) < 4.78 is 29.9. The number of hydrogen-bond acceptors (Lipinski definition) is 2. The smallest absolute Gasteiger partial charge is 0.387 e. The van der Waals surface area contributed by atoms with Crippen molar-refractivity contribution in [3.05, 3.63) is 56.5 Å². The summed E-state index contributed by atoms with van der Waals surface area (Å²) in [4.78, 5) is 0. The second kappa shape index (κ2) is 7.29. The summed E-state index contributed by atoms with van der Waals surface area (Å²) in [5.74, 6) is 0.115. The number of rotatable bonds is 5. The number of anilines is 1. The van der Waals surface area contributed by atoms with Crippen LogP contribution in [0.15, 0.2) is 40.9 Å². The zero-order valence-corrected chi connectivity index (χ0v) is 13.6. The normalized spacial score (nSPS) is 10.8. The summed E-state index contributed by atoms with van der Waals surface area (Å²) in [7, 11) is 0. The first-order valence-corrected chi connectivity index (χ1v) is 7.43. The number of alkyl halides is 2. The third-order valence-corrected chi connectivity index (χ3v) is 3.71. The van der Waals surface area contributed by atoms with Crippen LogP contribution in [-0.2, 0) is 6.54 Å². The molecule has 0 bridgehead atoms. The van der Waals surface area contributed by atoms with Crippen molar-refractivity contribution in [1.29, 1.82) is 0 Å². The summed E-state index contributed by atoms with van der Waals surface area (Å²) in [5, 5.41) is 3.89. The molecule has 0 unspecified atom stereocenters. The van der Waals surface area contributed by atoms with Crippen LogP contribution < -0.4 is 10.1 Å². The maximum absolute atomic E-state index is 12.3. The van der Waals surface area contributed by atoms with Gasteiger partial charge in [-0.1, -0.05) is 57.3 Å². The number of halogens is 5. The summed E-state index contributed by atoms with van der Waals surface area (Å²) in [5.41, 5.74) is 1.11. The molecule has 0 amide bonds. The Bertz CT molecular complexity index is 617. The molecule has 2 aromatic rings. The number of hydrogen-bond donors (Lipinski definition) is 1. The average Bonchev–Trinajstić information content (AvgIpc) is 2.38. The van der Waals surface area contributed by atoms with Gasteiger partial charge in [-0.2, -0.15) is 8.78 Å². The lowest BCUT2D eigenvalue weighted by Crippen LogP contribution is -2.07. The Morgan fingerprint density at radius 2 is 1.76 bits per heavy atom. The molecule has 0 aliphatic heterocycles. The fourth-order valence-corrected chi connectivity index (χ4v) is 3.10. The number of nitrogens with one attached hydrogen (secondary N) is 1. The van der Waals surface area contributed by atoms with Gasteiger partial charge in [-0.25, -0.2) is 0 Å². The zero-order chi connectivity index (χ0) is 15.4. The van der Waals surface area contributed by atoms with E-state index < -0.39 is 6.61 Å². The Morgan fingerprint density at radius 3 is 2.38 bits per heavy atom. The quantitative estimate of drug-likeness (QED) is 0.672. The van der Waals surface area contributed by atoms with Crippen molar-refractivity contribution >= 4 is 44.8 Å². The van der Waals surface area contributed by atoms with E-state index in [1.807, 2.05) is 0 Å². The molecule has 112 valence electrons. The number of ether oxygens (including phenoxy) is 1. The lowest BCUT2D eigenvalue weighted by atomic mass is 10.2. The Labute approximate surface area is 139 Å². The second-order valence-corrected chi connectivity index (χ2v) is 5.81. The Kier molecular flexibility index (Phi) is 5.67. The molecule has 0 aliphatic rings. The van der Waals surface area contributed by atoms with Crippen molar-refractivity contribution in [2.24, 2.45) is 0 Å². The lowest BCUT2D eigenvalue weighted by molar-refractivity contribution is -0.0504. The Morgan fingerprint density at radius 1 is 1.14 bits per heavy atom. The monoisotopic (exact) mass is 395 g/mol. The molecule has 21 heavy (non-hydrogen) atoms. The molecular weight excluding hydrogens is 387 g/mol. The molecule has 0 heterocycles. The van der Waals surface area contributed by atoms with Crippen LogP contribution in [0.1, 0.15) is 5.56 Å². The number of benzene rings is 2. The fourth-order valence-electron chi connectivity index (χ4n) is 1.76. The van der Waals surface area contributed by atoms with Crippen molar-refractivity contribution in [2.45, 2.75) is 13.2 Å². The summed E-state index contributed by atoms with van der Waals surface area (Å²) >= 11 is 15.5. The first-order valence-electron chi connectivity index (χ1n) is 5.88. The minimum absolute atomic E-state index is 0.115. The summed E-state index contributed by atoms with van der Waals surface area (Å²) in [6.45, 7) is -2.62. The number of para-hydroxylation sites is 1. The van der Waals surface area contributed by atoms with Crippen LogP contribution in [0.5, 0.6) is 5.75 Å². The van der Waals surface area contributed by atoms with Gasteiger partial charge < -0.3 is 10.1 Å². The molecule has 0 atom stereocenters. The standard InChI is InChI=1S/C14H10BrCl2F2NO/c15-9-5-10(16)13(11(17)6-9)20-7-8-3-1-2-4-12(8)21-14(18)19/h1-6,14,20H,7H2. The molecule has 0 radical (unpaired) electrons. The third-order valence-electron chi connectivity index (χ3n) is 2.65. The van der Waals surface area contributed by atoms with Crippen LogP contribution in [0.3, 0.4) is 0 Å². The highest BCUT2D eigenvalue weighted by molar-refractivity contribution is 9.10. The maximum Gasteiger partial charge on any atom is 0.387 e. The van der Waals surface area contributed by atoms with Crippen molar-refractivity contribution in [1.82, 2.24) is 0 Å². The predicted molar refractivity (Wildman–Crippen MR) is 84.6 cm³/mol. The lowest BCUT2D eigenvalue weighted by Gasteiger charge is -2.14. The van der Waals surface area contributed by atoms with Gasteiger partial charge in [0.15, 0.2) is 0 Å². The minimum atomic E-state index is -2.87. The highest BCUT2D eigenvalue weighted by Crippen LogP contribution is 2.34. The van der Waals surface area contributed by atoms with E-state index in [1.54, 1.807) is 30.3 Å². The van der Waals surface area contributed by atoms with Crippen LogP contribution in [0, 0.1) is 0 Å². The third kappa shape index (κ3) is 4.46. The van der Waals surface area contributed by atoms with Gasteiger partial charge in [0.1, 0.15) is 5.75 Å². The van der Waals surface area contributed by atoms with Crippen LogP contribution in [0.25, 0.3) is 0 Å². The molecule has 0 fully saturated rings. The molecule has 2 aromatic carbocycles. The first kappa shape index (κ1) is 16.3. The van der Waals surface area contributed by atoms with E-state index >= 15 is 0 Å². The molecular formula is C14H10BrCl2F2NO. The van der Waals surface area contributed by atoms with Crippen molar-refractivity contribution in [3.8, 4) is 5.75 Å². The van der Waals surface area contributed by atoms with Crippen LogP contribution >= 0.6 is 39.1 Å². The van der Waals surface area contributed by atoms with E-state index in [0.29, 0.717) is 21.3 Å². The van der Waals surface area contributed by atoms with Gasteiger partial charge in [-0.15, -0.1) is 0 Å². The molecule has 0 aliphatic carbocycles. The van der Waals surface area contributed by atoms with Gasteiger partial charge >= 0.3 is 6.61 Å². The van der Waals surface area contributed by atoms with E-state index in [0.717, 1.165) is 4.47 Å². The minimum Gasteiger partial charge on any atom is -0.434 e. The van der Waals surface area contributed by atoms with E-state index in [4.69, 9.17) is 23.2 Å². The molecule has 2 rings (SSSR count). The zero-order valence-electron chi connectivity index (χ0n) is 10.5. The highest BCUT2D eigenvalue weighted by Gasteiger charge is 2.11. The molecule has 2 nitrogen and oxygen atoms in total. The first-order chi connectivity index (χ1) is 9.97. The van der Waals surface area contributed by atoms with Gasteiger partial charge in [0.2, 0.25) is 0 Å². The molecule has 0 spiro atoms. The van der Waals surface area contributed by atoms with Crippen molar-refractivity contribution in [2.75, 3.05) is 5.32 Å². The maximum atomic E-state index is 12.3. The van der Waals surface area contributed by atoms with Crippen molar-refractivity contribution in [3.63, 3.8) is 0 Å². The SMILES string of the molecule is FC(F)Oc1ccccc1CNc1c(Cl)cc(Br)cc1Cl. The summed E-state index contributed by atoms with van der Waals surface area (Å²) in [6.07, 6.45) is 0. The van der Waals surface area contributed by atoms with Gasteiger partial charge in [0.05, 0.1) is 15.7 Å². The molecule has 7 heteroatoms. The highest BCUT2D eigenvalue weighted by atomic mass is 79.9. The second-order valence-electron chi connectivity index (χ2n) is 4.08. The van der Waals surface area contributed by atoms with Gasteiger partial charge in [0, 0.05) is 16.6 Å². The Balaban J connectivity index is 2.17. The average molecular weight is 397 g/mol. The van der Waals surface area contributed by atoms with E-state index in [9.17, 15) is 8.78 Å². The van der Waals surface area contributed by atoms with Crippen LogP contribution in [-0.4, -0.2) is 6.61 Å². The molecule has 0 saturated heterocycles. The molecule has 0 aromatic heterocycles. The van der Waals surface area contributed by atoms with Gasteiger partial charge in [-0.05, 0) is 18.2 Å². The van der Waals surface area contributed by atoms with Gasteiger partial charge in [0.25, 0.3) is 0 Å². The predicted octanol–water partition coefficient (Wildman–Crippen LogP) is 5.97. The van der Waals surface area contributed by atoms with E-state index in [1.165, 1.54) is 6.07 Å². The van der Waals surface area contributed by atoms with Gasteiger partial charge in [-0.3, -0.25) is 0 Å². The topological polar surface area (TPSA) is 21.3 Å². The van der Waals surface area contributed by atoms with Crippen molar-refractivity contribution < 1.29 is 13.5 Å². The van der Waals surface area contributed by atoms with E-state index in [-0.39, 0.29) is 12.3 Å². The Hall–Kier alpha value is -1.04. The largest absolute Gasteiger partial charge is 0.434 e. The molecule has 0 saturated carbocycles. The molecule has 1 N–H and O–H groups in total. The van der Waals surface area contributed by atoms with E-state index in [2.05, 4.69) is 26.0 Å². The van der Waals surface area contributed by atoms with Crippen LogP contribution in [0.4, 0.5) is 14.5 Å². The van der Waals surface area contributed by atoms with Crippen LogP contribution in [0.2, 0.25) is 10.0 Å². The summed E-state index contributed by atoms with van der Waals surface area (Å²) in [6, 6.07) is 9.91. The fraction of sp³-hybridized carbons (Fsp3) is 0.143.